The fourth-order valence-electron chi connectivity index (χ4n) is 5.47. The molecule has 3 aromatic rings. The van der Waals surface area contributed by atoms with E-state index in [4.69, 9.17) is 4.98 Å². The third-order valence-electron chi connectivity index (χ3n) is 6.85. The van der Waals surface area contributed by atoms with Crippen molar-refractivity contribution < 1.29 is 4.79 Å². The van der Waals surface area contributed by atoms with Crippen molar-refractivity contribution in [3.05, 3.63) is 50.1 Å². The second kappa shape index (κ2) is 8.91. The molecule has 1 saturated heterocycles. The minimum Gasteiger partial charge on any atom is -0.341 e. The average molecular weight is 482 g/mol. The van der Waals surface area contributed by atoms with Gasteiger partial charge in [-0.15, -0.1) is 11.3 Å². The number of hydrogen-bond acceptors (Lipinski definition) is 5. The Morgan fingerprint density at radius 2 is 1.94 bits per heavy atom. The Morgan fingerprint density at radius 3 is 2.67 bits per heavy atom. The molecule has 2 aliphatic rings. The monoisotopic (exact) mass is 481 g/mol. The third kappa shape index (κ3) is 4.26. The molecule has 3 heterocycles. The van der Waals surface area contributed by atoms with E-state index in [0.717, 1.165) is 59.4 Å². The highest BCUT2D eigenvalue weighted by atomic mass is 32.2. The molecule has 0 radical (unpaired) electrons. The SMILES string of the molecule is Cc1ccc(-n2c(SCC(=O)N3C[C@H](C)C[C@@H](C)C3)nc3sc4c(c3c2=O)CCC4)c(C)c1. The van der Waals surface area contributed by atoms with Gasteiger partial charge in [-0.1, -0.05) is 43.3 Å². The number of carbonyl (C=O) groups excluding carboxylic acids is 1. The van der Waals surface area contributed by atoms with Gasteiger partial charge >= 0.3 is 0 Å². The van der Waals surface area contributed by atoms with Gasteiger partial charge in [-0.25, -0.2) is 4.98 Å². The Balaban J connectivity index is 1.55. The predicted molar refractivity (Wildman–Crippen MR) is 137 cm³/mol. The average Bonchev–Trinajstić information content (AvgIpc) is 3.33. The Kier molecular flexibility index (Phi) is 6.12. The van der Waals surface area contributed by atoms with Crippen molar-refractivity contribution in [3.8, 4) is 5.69 Å². The molecule has 2 aromatic heterocycles. The Hall–Kier alpha value is -2.12. The maximum atomic E-state index is 13.9. The molecule has 1 amide bonds. The van der Waals surface area contributed by atoms with E-state index in [1.807, 2.05) is 24.0 Å². The van der Waals surface area contributed by atoms with Crippen LogP contribution in [0.3, 0.4) is 0 Å². The number of aromatic nitrogens is 2. The zero-order valence-electron chi connectivity index (χ0n) is 19.8. The van der Waals surface area contributed by atoms with Crippen LogP contribution in [0.25, 0.3) is 15.9 Å². The van der Waals surface area contributed by atoms with Crippen LogP contribution in [0.15, 0.2) is 28.2 Å². The van der Waals surface area contributed by atoms with Gasteiger partial charge in [0, 0.05) is 18.0 Å². The van der Waals surface area contributed by atoms with Crippen molar-refractivity contribution in [1.29, 1.82) is 0 Å². The van der Waals surface area contributed by atoms with E-state index < -0.39 is 0 Å². The summed E-state index contributed by atoms with van der Waals surface area (Å²) in [5, 5.41) is 1.40. The van der Waals surface area contributed by atoms with Crippen molar-refractivity contribution >= 4 is 39.2 Å². The summed E-state index contributed by atoms with van der Waals surface area (Å²) in [6.45, 7) is 10.2. The van der Waals surface area contributed by atoms with Crippen molar-refractivity contribution in [3.63, 3.8) is 0 Å². The van der Waals surface area contributed by atoms with Crippen LogP contribution in [0.5, 0.6) is 0 Å². The fourth-order valence-corrected chi connectivity index (χ4v) is 7.69. The van der Waals surface area contributed by atoms with Crippen molar-refractivity contribution in [2.75, 3.05) is 18.8 Å². The first-order valence-electron chi connectivity index (χ1n) is 11.9. The van der Waals surface area contributed by atoms with Crippen LogP contribution >= 0.6 is 23.1 Å². The number of rotatable bonds is 4. The summed E-state index contributed by atoms with van der Waals surface area (Å²) in [5.41, 5.74) is 4.24. The van der Waals surface area contributed by atoms with Crippen LogP contribution in [0.1, 0.15) is 48.3 Å². The molecule has 1 aliphatic heterocycles. The van der Waals surface area contributed by atoms with Gasteiger partial charge in [-0.3, -0.25) is 14.2 Å². The number of amides is 1. The molecule has 7 heteroatoms. The third-order valence-corrected chi connectivity index (χ3v) is 8.96. The Bertz CT molecular complexity index is 1280. The minimum absolute atomic E-state index is 0.00141. The number of hydrogen-bond donors (Lipinski definition) is 0. The fraction of sp³-hybridized carbons (Fsp3) is 0.500. The first-order valence-corrected chi connectivity index (χ1v) is 13.7. The molecule has 1 aromatic carbocycles. The second-order valence-corrected chi connectivity index (χ2v) is 11.9. The smallest absolute Gasteiger partial charge is 0.267 e. The number of piperidine rings is 1. The summed E-state index contributed by atoms with van der Waals surface area (Å²) < 4.78 is 1.75. The molecule has 33 heavy (non-hydrogen) atoms. The number of benzene rings is 1. The first kappa shape index (κ1) is 22.7. The number of aryl methyl sites for hydroxylation is 4. The summed E-state index contributed by atoms with van der Waals surface area (Å²) in [6, 6.07) is 6.14. The number of thioether (sulfide) groups is 1. The predicted octanol–water partition coefficient (Wildman–Crippen LogP) is 5.15. The zero-order chi connectivity index (χ0) is 23.3. The van der Waals surface area contributed by atoms with E-state index in [0.29, 0.717) is 22.7 Å². The van der Waals surface area contributed by atoms with Crippen LogP contribution in [0.2, 0.25) is 0 Å². The number of carbonyl (C=O) groups is 1. The van der Waals surface area contributed by atoms with E-state index >= 15 is 0 Å². The lowest BCUT2D eigenvalue weighted by atomic mass is 9.92. The van der Waals surface area contributed by atoms with Gasteiger partial charge < -0.3 is 4.90 Å². The van der Waals surface area contributed by atoms with Gasteiger partial charge in [0.25, 0.3) is 5.56 Å². The highest BCUT2D eigenvalue weighted by Gasteiger charge is 2.27. The van der Waals surface area contributed by atoms with Crippen LogP contribution in [-0.4, -0.2) is 39.2 Å². The molecular formula is C26H31N3O2S2. The number of thiophene rings is 1. The molecule has 0 spiro atoms. The molecule has 1 aliphatic carbocycles. The molecule has 0 saturated carbocycles. The van der Waals surface area contributed by atoms with Crippen molar-refractivity contribution in [2.24, 2.45) is 11.8 Å². The largest absolute Gasteiger partial charge is 0.341 e. The van der Waals surface area contributed by atoms with Gasteiger partial charge in [0.1, 0.15) is 4.83 Å². The zero-order valence-corrected chi connectivity index (χ0v) is 21.4. The topological polar surface area (TPSA) is 55.2 Å². The van der Waals surface area contributed by atoms with E-state index in [-0.39, 0.29) is 11.5 Å². The molecule has 174 valence electrons. The van der Waals surface area contributed by atoms with Gasteiger partial charge in [0.05, 0.1) is 16.8 Å². The lowest BCUT2D eigenvalue weighted by molar-refractivity contribution is -0.130. The highest BCUT2D eigenvalue weighted by Crippen LogP contribution is 2.36. The van der Waals surface area contributed by atoms with Gasteiger partial charge in [0.15, 0.2) is 5.16 Å². The van der Waals surface area contributed by atoms with Gasteiger partial charge in [-0.05, 0) is 68.6 Å². The molecule has 0 unspecified atom stereocenters. The van der Waals surface area contributed by atoms with Crippen LogP contribution < -0.4 is 5.56 Å². The molecule has 2 atom stereocenters. The van der Waals surface area contributed by atoms with Gasteiger partial charge in [-0.2, -0.15) is 0 Å². The summed E-state index contributed by atoms with van der Waals surface area (Å²) in [5.74, 6) is 1.49. The van der Waals surface area contributed by atoms with E-state index in [2.05, 4.69) is 26.8 Å². The molecular weight excluding hydrogens is 450 g/mol. The van der Waals surface area contributed by atoms with E-state index in [9.17, 15) is 9.59 Å². The Labute approximate surface area is 203 Å². The summed E-state index contributed by atoms with van der Waals surface area (Å²) in [6.07, 6.45) is 4.27. The molecule has 0 N–H and O–H groups in total. The standard InChI is InChI=1S/C26H31N3O2S2/c1-15-8-9-20(18(4)11-15)29-25(31)23-19-6-5-7-21(19)33-24(23)27-26(29)32-14-22(30)28-12-16(2)10-17(3)13-28/h8-9,11,16-17H,5-7,10,12-14H2,1-4H3/t16-,17-/m1/s1. The second-order valence-electron chi connectivity index (χ2n) is 9.90. The number of nitrogens with zero attached hydrogens (tertiary/aromatic N) is 3. The summed E-state index contributed by atoms with van der Waals surface area (Å²) >= 11 is 3.05. The molecule has 0 bridgehead atoms. The van der Waals surface area contributed by atoms with Gasteiger partial charge in [0.2, 0.25) is 5.91 Å². The lowest BCUT2D eigenvalue weighted by Gasteiger charge is -2.35. The van der Waals surface area contributed by atoms with E-state index in [1.54, 1.807) is 15.9 Å². The maximum absolute atomic E-state index is 13.9. The molecule has 5 nitrogen and oxygen atoms in total. The number of likely N-dealkylation sites (tertiary alicyclic amines) is 1. The quantitative estimate of drug-likeness (QED) is 0.382. The summed E-state index contributed by atoms with van der Waals surface area (Å²) in [7, 11) is 0. The normalized spacial score (nSPS) is 20.4. The summed E-state index contributed by atoms with van der Waals surface area (Å²) in [4.78, 5) is 36.0. The van der Waals surface area contributed by atoms with Crippen molar-refractivity contribution in [1.82, 2.24) is 14.5 Å². The minimum atomic E-state index is 0.00141. The first-order chi connectivity index (χ1) is 15.8. The molecule has 5 rings (SSSR count). The Morgan fingerprint density at radius 1 is 1.18 bits per heavy atom. The van der Waals surface area contributed by atoms with Crippen LogP contribution in [-0.2, 0) is 17.6 Å². The van der Waals surface area contributed by atoms with E-state index in [1.165, 1.54) is 28.6 Å². The van der Waals surface area contributed by atoms with Crippen LogP contribution in [0, 0.1) is 25.7 Å². The number of fused-ring (bicyclic) bond motifs is 3. The maximum Gasteiger partial charge on any atom is 0.267 e. The lowest BCUT2D eigenvalue weighted by Crippen LogP contribution is -2.43. The molecule has 1 fully saturated rings. The van der Waals surface area contributed by atoms with Crippen molar-refractivity contribution in [2.45, 2.75) is 58.5 Å². The van der Waals surface area contributed by atoms with Crippen LogP contribution in [0.4, 0.5) is 0 Å². The highest BCUT2D eigenvalue weighted by molar-refractivity contribution is 7.99.